The van der Waals surface area contributed by atoms with Gasteiger partial charge < -0.3 is 5.73 Å². The maximum Gasteiger partial charge on any atom is 0.0702 e. The minimum absolute atomic E-state index is 0.144. The highest BCUT2D eigenvalue weighted by atomic mass is 15.5. The molecule has 0 rings (SSSR count). The van der Waals surface area contributed by atoms with Crippen molar-refractivity contribution in [1.82, 2.24) is 5.01 Å². The first-order valence-electron chi connectivity index (χ1n) is 4.26. The summed E-state index contributed by atoms with van der Waals surface area (Å²) >= 11 is 0. The number of hydrazone groups is 1. The van der Waals surface area contributed by atoms with Gasteiger partial charge in [0, 0.05) is 19.0 Å². The Labute approximate surface area is 80.6 Å². The molecule has 74 valence electrons. The van der Waals surface area contributed by atoms with Crippen molar-refractivity contribution in [2.24, 2.45) is 10.8 Å². The average Bonchev–Trinajstić information content (AvgIpc) is 2.01. The van der Waals surface area contributed by atoms with Gasteiger partial charge in [0.2, 0.25) is 0 Å². The number of hydrogen-bond donors (Lipinski definition) is 1. The van der Waals surface area contributed by atoms with E-state index in [9.17, 15) is 0 Å². The minimum Gasteiger partial charge on any atom is -0.399 e. The van der Waals surface area contributed by atoms with Crippen LogP contribution in [0.4, 0.5) is 0 Å². The van der Waals surface area contributed by atoms with Crippen LogP contribution in [0.3, 0.4) is 0 Å². The van der Waals surface area contributed by atoms with E-state index in [0.717, 1.165) is 0 Å². The van der Waals surface area contributed by atoms with Gasteiger partial charge in [-0.3, -0.25) is 5.01 Å². The van der Waals surface area contributed by atoms with Crippen LogP contribution in [0.15, 0.2) is 29.5 Å². The number of nitrogens with zero attached hydrogens (tertiary/aromatic N) is 2. The van der Waals surface area contributed by atoms with Gasteiger partial charge in [-0.1, -0.05) is 12.7 Å². The normalized spacial score (nSPS) is 12.6. The quantitative estimate of drug-likeness (QED) is 0.408. The van der Waals surface area contributed by atoms with E-state index in [1.807, 2.05) is 25.1 Å². The van der Waals surface area contributed by atoms with Crippen molar-refractivity contribution < 1.29 is 0 Å². The molecule has 0 aliphatic carbocycles. The molecule has 0 radical (unpaired) electrons. The van der Waals surface area contributed by atoms with Gasteiger partial charge in [0.25, 0.3) is 0 Å². The molecule has 0 aromatic carbocycles. The van der Waals surface area contributed by atoms with Crippen molar-refractivity contribution in [2.45, 2.75) is 26.3 Å². The van der Waals surface area contributed by atoms with Crippen LogP contribution in [-0.4, -0.2) is 23.8 Å². The highest BCUT2D eigenvalue weighted by molar-refractivity contribution is 5.52. The molecule has 0 aromatic rings. The molecule has 0 saturated heterocycles. The van der Waals surface area contributed by atoms with Crippen molar-refractivity contribution in [1.29, 1.82) is 0 Å². The lowest BCUT2D eigenvalue weighted by Crippen LogP contribution is -2.35. The summed E-state index contributed by atoms with van der Waals surface area (Å²) < 4.78 is 0. The van der Waals surface area contributed by atoms with Crippen molar-refractivity contribution >= 4 is 6.21 Å². The van der Waals surface area contributed by atoms with Crippen molar-refractivity contribution in [3.63, 3.8) is 0 Å². The summed E-state index contributed by atoms with van der Waals surface area (Å²) in [6.45, 7) is 9.59. The summed E-state index contributed by atoms with van der Waals surface area (Å²) in [4.78, 5) is 0. The molecule has 0 aromatic heterocycles. The van der Waals surface area contributed by atoms with Crippen LogP contribution >= 0.6 is 0 Å². The SMILES string of the molecule is C=C(N)/C=C\C(C)(C)N(C)/N=C\C. The summed E-state index contributed by atoms with van der Waals surface area (Å²) in [5, 5.41) is 6.03. The van der Waals surface area contributed by atoms with Gasteiger partial charge >= 0.3 is 0 Å². The maximum atomic E-state index is 5.44. The van der Waals surface area contributed by atoms with E-state index in [1.165, 1.54) is 0 Å². The Morgan fingerprint density at radius 3 is 2.46 bits per heavy atom. The molecule has 3 nitrogen and oxygen atoms in total. The number of allylic oxidation sites excluding steroid dienone is 1. The fourth-order valence-corrected chi connectivity index (χ4v) is 0.741. The first-order valence-corrected chi connectivity index (χ1v) is 4.26. The average molecular weight is 181 g/mol. The van der Waals surface area contributed by atoms with Crippen LogP contribution in [0.1, 0.15) is 20.8 Å². The van der Waals surface area contributed by atoms with Crippen LogP contribution in [-0.2, 0) is 0 Å². The van der Waals surface area contributed by atoms with Gasteiger partial charge in [-0.05, 0) is 26.8 Å². The van der Waals surface area contributed by atoms with Gasteiger partial charge in [0.1, 0.15) is 0 Å². The van der Waals surface area contributed by atoms with Crippen LogP contribution in [0, 0.1) is 0 Å². The predicted molar refractivity (Wildman–Crippen MR) is 58.5 cm³/mol. The fraction of sp³-hybridized carbons (Fsp3) is 0.500. The molecule has 3 heteroatoms. The van der Waals surface area contributed by atoms with E-state index in [1.54, 1.807) is 12.3 Å². The van der Waals surface area contributed by atoms with Gasteiger partial charge in [0.15, 0.2) is 0 Å². The van der Waals surface area contributed by atoms with Crippen molar-refractivity contribution in [2.75, 3.05) is 7.05 Å². The largest absolute Gasteiger partial charge is 0.399 e. The molecular weight excluding hydrogens is 162 g/mol. The summed E-state index contributed by atoms with van der Waals surface area (Å²) in [6.07, 6.45) is 5.52. The Bertz CT molecular complexity index is 226. The molecule has 0 heterocycles. The zero-order valence-corrected chi connectivity index (χ0v) is 8.91. The topological polar surface area (TPSA) is 41.6 Å². The lowest BCUT2D eigenvalue weighted by molar-refractivity contribution is 0.215. The highest BCUT2D eigenvalue weighted by Gasteiger charge is 2.17. The molecular formula is C10H19N3. The fourth-order valence-electron chi connectivity index (χ4n) is 0.741. The number of likely N-dealkylation sites (N-methyl/N-ethyl adjacent to an activating group) is 1. The summed E-state index contributed by atoms with van der Waals surface area (Å²) in [6, 6.07) is 0. The molecule has 0 spiro atoms. The van der Waals surface area contributed by atoms with E-state index in [2.05, 4.69) is 25.5 Å². The predicted octanol–water partition coefficient (Wildman–Crippen LogP) is 1.73. The second-order valence-electron chi connectivity index (χ2n) is 3.46. The number of rotatable bonds is 4. The summed E-state index contributed by atoms with van der Waals surface area (Å²) in [5.41, 5.74) is 5.85. The molecule has 0 amide bonds. The van der Waals surface area contributed by atoms with Gasteiger partial charge in [0.05, 0.1) is 5.54 Å². The van der Waals surface area contributed by atoms with Crippen LogP contribution in [0.25, 0.3) is 0 Å². The van der Waals surface area contributed by atoms with E-state index in [-0.39, 0.29) is 5.54 Å². The molecule has 2 N–H and O–H groups in total. The second kappa shape index (κ2) is 4.70. The first kappa shape index (κ1) is 11.8. The molecule has 0 saturated carbocycles. The molecule has 0 atom stereocenters. The third-order valence-corrected chi connectivity index (χ3v) is 1.83. The van der Waals surface area contributed by atoms with Gasteiger partial charge in [-0.2, -0.15) is 5.10 Å². The summed E-state index contributed by atoms with van der Waals surface area (Å²) in [5.74, 6) is 0. The zero-order chi connectivity index (χ0) is 10.5. The van der Waals surface area contributed by atoms with E-state index >= 15 is 0 Å². The smallest absolute Gasteiger partial charge is 0.0702 e. The Hall–Kier alpha value is -1.25. The first-order chi connectivity index (χ1) is 5.90. The van der Waals surface area contributed by atoms with E-state index in [0.29, 0.717) is 5.70 Å². The van der Waals surface area contributed by atoms with Crippen molar-refractivity contribution in [3.05, 3.63) is 24.4 Å². The summed E-state index contributed by atoms with van der Waals surface area (Å²) in [7, 11) is 1.92. The lowest BCUT2D eigenvalue weighted by atomic mass is 10.0. The lowest BCUT2D eigenvalue weighted by Gasteiger charge is -2.30. The highest BCUT2D eigenvalue weighted by Crippen LogP contribution is 2.14. The Morgan fingerprint density at radius 1 is 1.54 bits per heavy atom. The van der Waals surface area contributed by atoms with Crippen molar-refractivity contribution in [3.8, 4) is 0 Å². The van der Waals surface area contributed by atoms with Crippen LogP contribution in [0.2, 0.25) is 0 Å². The molecule has 0 aliphatic rings. The second-order valence-corrected chi connectivity index (χ2v) is 3.46. The van der Waals surface area contributed by atoms with Gasteiger partial charge in [-0.25, -0.2) is 0 Å². The molecule has 0 aliphatic heterocycles. The maximum absolute atomic E-state index is 5.44. The number of nitrogens with two attached hydrogens (primary N) is 1. The Morgan fingerprint density at radius 2 is 2.08 bits per heavy atom. The van der Waals surface area contributed by atoms with Gasteiger partial charge in [-0.15, -0.1) is 0 Å². The third-order valence-electron chi connectivity index (χ3n) is 1.83. The monoisotopic (exact) mass is 181 g/mol. The van der Waals surface area contributed by atoms with Crippen LogP contribution in [0.5, 0.6) is 0 Å². The Kier molecular flexibility index (Phi) is 4.25. The molecule has 13 heavy (non-hydrogen) atoms. The Balaban J connectivity index is 4.46. The molecule has 0 bridgehead atoms. The minimum atomic E-state index is -0.144. The van der Waals surface area contributed by atoms with Crippen LogP contribution < -0.4 is 5.73 Å². The number of hydrogen-bond acceptors (Lipinski definition) is 3. The standard InChI is InChI=1S/C10H19N3/c1-6-12-13(5)10(3,4)8-7-9(2)11/h6-8H,2,11H2,1,3-5H3/b8-7-,12-6-. The third kappa shape index (κ3) is 4.35. The van der Waals surface area contributed by atoms with E-state index in [4.69, 9.17) is 5.73 Å². The molecule has 0 fully saturated rings. The molecule has 0 unspecified atom stereocenters. The van der Waals surface area contributed by atoms with E-state index < -0.39 is 0 Å². The zero-order valence-electron chi connectivity index (χ0n) is 8.91.